The Morgan fingerprint density at radius 2 is 1.89 bits per heavy atom. The van der Waals surface area contributed by atoms with Gasteiger partial charge in [0.05, 0.1) is 5.52 Å². The topological polar surface area (TPSA) is 45.8 Å². The van der Waals surface area contributed by atoms with Crippen molar-refractivity contribution in [2.24, 2.45) is 0 Å². The number of nitrogens with one attached hydrogen (secondary N) is 1. The van der Waals surface area contributed by atoms with Crippen LogP contribution >= 0.6 is 11.3 Å². The van der Waals surface area contributed by atoms with Crippen molar-refractivity contribution in [3.05, 3.63) is 51.4 Å². The van der Waals surface area contributed by atoms with Gasteiger partial charge in [-0.3, -0.25) is 4.79 Å². The van der Waals surface area contributed by atoms with Crippen molar-refractivity contribution in [2.45, 2.75) is 13.8 Å². The molecule has 0 aliphatic carbocycles. The van der Waals surface area contributed by atoms with Gasteiger partial charge in [0.2, 0.25) is 0 Å². The molecule has 2 heterocycles. The van der Waals surface area contributed by atoms with Crippen LogP contribution in [0.1, 0.15) is 10.7 Å². The zero-order valence-electron chi connectivity index (χ0n) is 10.2. The van der Waals surface area contributed by atoms with Crippen LogP contribution < -0.4 is 5.56 Å². The van der Waals surface area contributed by atoms with Crippen LogP contribution in [0.5, 0.6) is 0 Å². The molecule has 0 unspecified atom stereocenters. The predicted octanol–water partition coefficient (Wildman–Crippen LogP) is 3.27. The summed E-state index contributed by atoms with van der Waals surface area (Å²) in [5, 5.41) is 0. The Balaban J connectivity index is 2.43. The van der Waals surface area contributed by atoms with Gasteiger partial charge in [0.15, 0.2) is 0 Å². The fourth-order valence-electron chi connectivity index (χ4n) is 2.15. The van der Waals surface area contributed by atoms with E-state index in [0.717, 1.165) is 21.5 Å². The molecule has 18 heavy (non-hydrogen) atoms. The molecule has 0 saturated heterocycles. The van der Waals surface area contributed by atoms with Gasteiger partial charge in [-0.2, -0.15) is 0 Å². The second-order valence-electron chi connectivity index (χ2n) is 4.23. The number of hydrogen-bond donors (Lipinski definition) is 1. The smallest absolute Gasteiger partial charge is 0.268 e. The molecule has 0 spiro atoms. The van der Waals surface area contributed by atoms with Crippen LogP contribution in [0, 0.1) is 13.8 Å². The monoisotopic (exact) mass is 256 g/mol. The number of rotatable bonds is 1. The number of H-pyrrole nitrogens is 1. The van der Waals surface area contributed by atoms with Gasteiger partial charge >= 0.3 is 0 Å². The molecule has 0 saturated carbocycles. The molecule has 1 aromatic carbocycles. The number of hydrogen-bond acceptors (Lipinski definition) is 3. The summed E-state index contributed by atoms with van der Waals surface area (Å²) in [6, 6.07) is 10.1. The molecule has 0 amide bonds. The van der Waals surface area contributed by atoms with Gasteiger partial charge in [0.1, 0.15) is 10.5 Å². The Morgan fingerprint density at radius 3 is 2.61 bits per heavy atom. The molecule has 0 fully saturated rings. The summed E-state index contributed by atoms with van der Waals surface area (Å²) in [6.07, 6.45) is 0. The molecular formula is C14H12N2OS. The van der Waals surface area contributed by atoms with Crippen LogP contribution in [0.2, 0.25) is 0 Å². The number of thiophene rings is 1. The zero-order valence-corrected chi connectivity index (χ0v) is 11.0. The van der Waals surface area contributed by atoms with Crippen LogP contribution in [0.25, 0.3) is 21.3 Å². The van der Waals surface area contributed by atoms with E-state index in [-0.39, 0.29) is 5.56 Å². The molecule has 0 aliphatic rings. The molecule has 90 valence electrons. The summed E-state index contributed by atoms with van der Waals surface area (Å²) in [5.41, 5.74) is 2.95. The first-order valence-electron chi connectivity index (χ1n) is 5.72. The second-order valence-corrected chi connectivity index (χ2v) is 5.45. The van der Waals surface area contributed by atoms with Crippen LogP contribution in [0.15, 0.2) is 35.1 Å². The van der Waals surface area contributed by atoms with E-state index >= 15 is 0 Å². The molecule has 0 aliphatic heterocycles. The van der Waals surface area contributed by atoms with Crippen molar-refractivity contribution in [2.75, 3.05) is 0 Å². The van der Waals surface area contributed by atoms with Gasteiger partial charge in [-0.1, -0.05) is 30.3 Å². The van der Waals surface area contributed by atoms with Crippen LogP contribution in [-0.2, 0) is 0 Å². The molecule has 0 atom stereocenters. The van der Waals surface area contributed by atoms with E-state index in [0.29, 0.717) is 10.5 Å². The summed E-state index contributed by atoms with van der Waals surface area (Å²) in [7, 11) is 0. The minimum atomic E-state index is -0.0484. The Kier molecular flexibility index (Phi) is 2.52. The largest absolute Gasteiger partial charge is 0.310 e. The SMILES string of the molecule is Cc1nc2c(-c3ccccc3)c(C)sc2c(=O)[nH]1. The van der Waals surface area contributed by atoms with E-state index in [1.807, 2.05) is 44.2 Å². The Morgan fingerprint density at radius 1 is 1.17 bits per heavy atom. The second kappa shape index (κ2) is 4.07. The van der Waals surface area contributed by atoms with E-state index < -0.39 is 0 Å². The van der Waals surface area contributed by atoms with E-state index in [2.05, 4.69) is 9.97 Å². The molecule has 2 aromatic heterocycles. The molecule has 1 N–H and O–H groups in total. The summed E-state index contributed by atoms with van der Waals surface area (Å²) in [5.74, 6) is 0.655. The van der Waals surface area contributed by atoms with Crippen LogP contribution in [-0.4, -0.2) is 9.97 Å². The predicted molar refractivity (Wildman–Crippen MR) is 75.2 cm³/mol. The molecule has 3 rings (SSSR count). The number of aromatic amines is 1. The van der Waals surface area contributed by atoms with E-state index in [9.17, 15) is 4.79 Å². The number of fused-ring (bicyclic) bond motifs is 1. The maximum absolute atomic E-state index is 11.9. The maximum Gasteiger partial charge on any atom is 0.268 e. The van der Waals surface area contributed by atoms with Crippen molar-refractivity contribution < 1.29 is 0 Å². The Labute approximate surface area is 108 Å². The minimum absolute atomic E-state index is 0.0484. The van der Waals surface area contributed by atoms with Gasteiger partial charge in [-0.05, 0) is 19.4 Å². The highest BCUT2D eigenvalue weighted by Crippen LogP contribution is 2.35. The molecule has 3 aromatic rings. The molecule has 0 radical (unpaired) electrons. The zero-order chi connectivity index (χ0) is 12.7. The number of aromatic nitrogens is 2. The lowest BCUT2D eigenvalue weighted by Crippen LogP contribution is -2.07. The fourth-order valence-corrected chi connectivity index (χ4v) is 3.17. The first kappa shape index (κ1) is 11.2. The number of aryl methyl sites for hydroxylation is 2. The van der Waals surface area contributed by atoms with Gasteiger partial charge in [-0.25, -0.2) is 4.98 Å². The molecular weight excluding hydrogens is 244 g/mol. The first-order valence-corrected chi connectivity index (χ1v) is 6.54. The van der Waals surface area contributed by atoms with Crippen molar-refractivity contribution in [3.63, 3.8) is 0 Å². The third-order valence-electron chi connectivity index (χ3n) is 2.90. The quantitative estimate of drug-likeness (QED) is 0.726. The van der Waals surface area contributed by atoms with Crippen molar-refractivity contribution in [1.82, 2.24) is 9.97 Å². The third-order valence-corrected chi connectivity index (χ3v) is 3.99. The normalized spacial score (nSPS) is 11.0. The van der Waals surface area contributed by atoms with Crippen LogP contribution in [0.4, 0.5) is 0 Å². The fraction of sp³-hybridized carbons (Fsp3) is 0.143. The Bertz CT molecular complexity index is 772. The Hall–Kier alpha value is -1.94. The van der Waals surface area contributed by atoms with Gasteiger partial charge in [-0.15, -0.1) is 11.3 Å². The third kappa shape index (κ3) is 1.66. The highest BCUT2D eigenvalue weighted by molar-refractivity contribution is 7.19. The number of benzene rings is 1. The molecule has 4 heteroatoms. The van der Waals surface area contributed by atoms with E-state index in [4.69, 9.17) is 0 Å². The van der Waals surface area contributed by atoms with E-state index in [1.165, 1.54) is 11.3 Å². The highest BCUT2D eigenvalue weighted by atomic mass is 32.1. The summed E-state index contributed by atoms with van der Waals surface area (Å²) in [6.45, 7) is 3.84. The van der Waals surface area contributed by atoms with E-state index in [1.54, 1.807) is 0 Å². The first-order chi connectivity index (χ1) is 8.66. The van der Waals surface area contributed by atoms with Crippen molar-refractivity contribution in [1.29, 1.82) is 0 Å². The van der Waals surface area contributed by atoms with Crippen molar-refractivity contribution in [3.8, 4) is 11.1 Å². The van der Waals surface area contributed by atoms with Gasteiger partial charge in [0, 0.05) is 10.4 Å². The highest BCUT2D eigenvalue weighted by Gasteiger charge is 2.14. The summed E-state index contributed by atoms with van der Waals surface area (Å²) >= 11 is 1.50. The lowest BCUT2D eigenvalue weighted by molar-refractivity contribution is 1.06. The van der Waals surface area contributed by atoms with Crippen LogP contribution in [0.3, 0.4) is 0 Å². The van der Waals surface area contributed by atoms with Gasteiger partial charge in [0.25, 0.3) is 5.56 Å². The molecule has 3 nitrogen and oxygen atoms in total. The maximum atomic E-state index is 11.9. The molecule has 0 bridgehead atoms. The van der Waals surface area contributed by atoms with Crippen molar-refractivity contribution >= 4 is 21.6 Å². The average molecular weight is 256 g/mol. The minimum Gasteiger partial charge on any atom is -0.310 e. The lowest BCUT2D eigenvalue weighted by Gasteiger charge is -2.01. The lowest BCUT2D eigenvalue weighted by atomic mass is 10.1. The average Bonchev–Trinajstić information content (AvgIpc) is 2.67. The van der Waals surface area contributed by atoms with Gasteiger partial charge < -0.3 is 4.98 Å². The standard InChI is InChI=1S/C14H12N2OS/c1-8-11(10-6-4-3-5-7-10)12-13(18-8)14(17)16-9(2)15-12/h3-7H,1-2H3,(H,15,16,17). The summed E-state index contributed by atoms with van der Waals surface area (Å²) < 4.78 is 0.706. The summed E-state index contributed by atoms with van der Waals surface area (Å²) in [4.78, 5) is 20.3. The number of nitrogens with zero attached hydrogens (tertiary/aromatic N) is 1.